The fraction of sp³-hybridized carbons (Fsp3) is 0.375. The molecule has 1 saturated carbocycles. The number of halogens is 1. The van der Waals surface area contributed by atoms with E-state index in [0.29, 0.717) is 30.2 Å². The Hall–Kier alpha value is -3.09. The van der Waals surface area contributed by atoms with E-state index in [1.54, 1.807) is 11.3 Å². The van der Waals surface area contributed by atoms with E-state index in [4.69, 9.17) is 11.6 Å². The molecule has 0 radical (unpaired) electrons. The smallest absolute Gasteiger partial charge is 0.271 e. The van der Waals surface area contributed by atoms with Gasteiger partial charge in [0.1, 0.15) is 5.69 Å². The van der Waals surface area contributed by atoms with Crippen LogP contribution in [0.5, 0.6) is 0 Å². The van der Waals surface area contributed by atoms with Crippen LogP contribution < -0.4 is 5.32 Å². The van der Waals surface area contributed by atoms with Gasteiger partial charge in [-0.15, -0.1) is 11.3 Å². The first kappa shape index (κ1) is 26.1. The van der Waals surface area contributed by atoms with Crippen LogP contribution in [0.15, 0.2) is 72.1 Å². The average molecular weight is 560 g/mol. The lowest BCUT2D eigenvalue weighted by atomic mass is 9.83. The highest BCUT2D eigenvalue weighted by Gasteiger charge is 2.52. The van der Waals surface area contributed by atoms with Gasteiger partial charge in [-0.05, 0) is 60.0 Å². The van der Waals surface area contributed by atoms with Crippen molar-refractivity contribution in [3.05, 3.63) is 94.0 Å². The van der Waals surface area contributed by atoms with Gasteiger partial charge in [0.2, 0.25) is 0 Å². The summed E-state index contributed by atoms with van der Waals surface area (Å²) in [6.07, 6.45) is 8.55. The highest BCUT2D eigenvalue weighted by Crippen LogP contribution is 2.40. The molecule has 1 fully saturated rings. The number of rotatable bonds is 6. The number of amides is 2. The summed E-state index contributed by atoms with van der Waals surface area (Å²) in [5.74, 6) is -0.179. The van der Waals surface area contributed by atoms with Crippen molar-refractivity contribution in [2.24, 2.45) is 0 Å². The normalized spacial score (nSPS) is 20.4. The number of hydrogen-bond donors (Lipinski definition) is 1. The lowest BCUT2D eigenvalue weighted by Crippen LogP contribution is -2.64. The molecular weight excluding hydrogens is 526 g/mol. The maximum absolute atomic E-state index is 14.7. The molecule has 3 heterocycles. The average Bonchev–Trinajstić information content (AvgIpc) is 3.53. The van der Waals surface area contributed by atoms with Crippen LogP contribution in [-0.4, -0.2) is 33.9 Å². The van der Waals surface area contributed by atoms with Gasteiger partial charge in [-0.25, -0.2) is 0 Å². The number of nitrogens with zero attached hydrogens (tertiary/aromatic N) is 2. The molecule has 2 aromatic carbocycles. The first-order chi connectivity index (χ1) is 19.1. The summed E-state index contributed by atoms with van der Waals surface area (Å²) >= 11 is 7.76. The van der Waals surface area contributed by atoms with Gasteiger partial charge in [-0.3, -0.25) is 9.59 Å². The number of fused-ring (bicyclic) bond motifs is 3. The zero-order valence-corrected chi connectivity index (χ0v) is 23.6. The van der Waals surface area contributed by atoms with Crippen molar-refractivity contribution in [2.45, 2.75) is 69.5 Å². The molecule has 2 aliphatic rings. The van der Waals surface area contributed by atoms with Crippen molar-refractivity contribution < 1.29 is 9.59 Å². The van der Waals surface area contributed by atoms with Gasteiger partial charge >= 0.3 is 0 Å². The summed E-state index contributed by atoms with van der Waals surface area (Å²) in [6, 6.07) is 21.8. The predicted octanol–water partition coefficient (Wildman–Crippen LogP) is 7.18. The lowest BCUT2D eigenvalue weighted by Gasteiger charge is -2.47. The Bertz CT molecular complexity index is 1450. The zero-order chi connectivity index (χ0) is 26.8. The molecule has 0 bridgehead atoms. The second-order valence-corrected chi connectivity index (χ2v) is 12.2. The standard InChI is InChI=1S/C32H34ClN3O2S/c33-25-15-13-23(14-16-25)17-19-36-30(37)28-21-29-27(18-20-39-29)35(28)22-32(36,24-9-5-4-6-10-24)31(38)34-26-11-7-2-1-3-8-12-26/h4-6,9-10,13-16,18,20-21,26H,1-3,7-8,11-12,17,19,22H2,(H,34,38)/t32-/m0/s1. The minimum atomic E-state index is -1.16. The summed E-state index contributed by atoms with van der Waals surface area (Å²) < 4.78 is 3.14. The van der Waals surface area contributed by atoms with E-state index in [0.717, 1.165) is 47.0 Å². The minimum Gasteiger partial charge on any atom is -0.351 e. The van der Waals surface area contributed by atoms with Gasteiger partial charge in [-0.1, -0.05) is 86.2 Å². The molecule has 202 valence electrons. The number of carbonyl (C=O) groups is 2. The van der Waals surface area contributed by atoms with E-state index in [-0.39, 0.29) is 17.9 Å². The lowest BCUT2D eigenvalue weighted by molar-refractivity contribution is -0.135. The molecule has 0 saturated heterocycles. The number of hydrogen-bond acceptors (Lipinski definition) is 3. The molecule has 1 atom stereocenters. The van der Waals surface area contributed by atoms with Gasteiger partial charge in [0.25, 0.3) is 11.8 Å². The van der Waals surface area contributed by atoms with Crippen LogP contribution in [0, 0.1) is 0 Å². The van der Waals surface area contributed by atoms with Crippen molar-refractivity contribution >= 4 is 45.0 Å². The van der Waals surface area contributed by atoms with E-state index >= 15 is 0 Å². The number of carbonyl (C=O) groups excluding carboxylic acids is 2. The molecule has 0 unspecified atom stereocenters. The van der Waals surface area contributed by atoms with E-state index in [1.165, 1.54) is 19.3 Å². The Balaban J connectivity index is 1.44. The maximum atomic E-state index is 14.7. The van der Waals surface area contributed by atoms with Gasteiger partial charge < -0.3 is 14.8 Å². The maximum Gasteiger partial charge on any atom is 0.271 e. The molecule has 4 aromatic rings. The third-order valence-electron chi connectivity index (χ3n) is 8.44. The number of thiophene rings is 1. The summed E-state index contributed by atoms with van der Waals surface area (Å²) in [5, 5.41) is 6.19. The Morgan fingerprint density at radius 1 is 0.974 bits per heavy atom. The molecule has 7 heteroatoms. The van der Waals surface area contributed by atoms with Gasteiger partial charge in [0, 0.05) is 17.6 Å². The Labute approximate surface area is 238 Å². The van der Waals surface area contributed by atoms with Crippen LogP contribution in [0.2, 0.25) is 5.02 Å². The van der Waals surface area contributed by atoms with Crippen molar-refractivity contribution in [3.8, 4) is 0 Å². The van der Waals surface area contributed by atoms with Crippen LogP contribution in [0.25, 0.3) is 10.2 Å². The predicted molar refractivity (Wildman–Crippen MR) is 158 cm³/mol. The molecule has 2 aromatic heterocycles. The van der Waals surface area contributed by atoms with Crippen LogP contribution in [0.4, 0.5) is 0 Å². The summed E-state index contributed by atoms with van der Waals surface area (Å²) in [6.45, 7) is 0.809. The van der Waals surface area contributed by atoms with E-state index in [2.05, 4.69) is 16.0 Å². The molecule has 1 aliphatic heterocycles. The highest BCUT2D eigenvalue weighted by atomic mass is 35.5. The minimum absolute atomic E-state index is 0.0774. The Kier molecular flexibility index (Phi) is 7.50. The SMILES string of the molecule is O=C1c2cc3sccc3n2C[C@@](C(=O)NC2CCCCCCC2)(c2ccccc2)N1CCc1ccc(Cl)cc1. The third-order valence-corrected chi connectivity index (χ3v) is 9.54. The van der Waals surface area contributed by atoms with Crippen molar-refractivity contribution in [1.82, 2.24) is 14.8 Å². The summed E-state index contributed by atoms with van der Waals surface area (Å²) in [7, 11) is 0. The molecular formula is C32H34ClN3O2S. The fourth-order valence-electron chi connectivity index (χ4n) is 6.33. The third kappa shape index (κ3) is 5.01. The fourth-order valence-corrected chi connectivity index (χ4v) is 7.27. The summed E-state index contributed by atoms with van der Waals surface area (Å²) in [4.78, 5) is 30.9. The second kappa shape index (κ2) is 11.2. The zero-order valence-electron chi connectivity index (χ0n) is 22.1. The van der Waals surface area contributed by atoms with Crippen LogP contribution >= 0.6 is 22.9 Å². The molecule has 6 rings (SSSR count). The van der Waals surface area contributed by atoms with Crippen molar-refractivity contribution in [1.29, 1.82) is 0 Å². The Morgan fingerprint density at radius 3 is 2.44 bits per heavy atom. The van der Waals surface area contributed by atoms with Gasteiger partial charge in [0.05, 0.1) is 16.8 Å². The quantitative estimate of drug-likeness (QED) is 0.272. The molecule has 2 amide bonds. The first-order valence-corrected chi connectivity index (χ1v) is 15.3. The molecule has 1 N–H and O–H groups in total. The molecule has 0 spiro atoms. The van der Waals surface area contributed by atoms with Crippen LogP contribution in [-0.2, 0) is 23.3 Å². The Morgan fingerprint density at radius 2 is 1.69 bits per heavy atom. The van der Waals surface area contributed by atoms with Gasteiger partial charge in [-0.2, -0.15) is 0 Å². The second-order valence-electron chi connectivity index (χ2n) is 10.9. The number of aromatic nitrogens is 1. The molecule has 5 nitrogen and oxygen atoms in total. The van der Waals surface area contributed by atoms with Crippen molar-refractivity contribution in [3.63, 3.8) is 0 Å². The number of benzene rings is 2. The monoisotopic (exact) mass is 559 g/mol. The summed E-state index contributed by atoms with van der Waals surface area (Å²) in [5.41, 5.74) is 2.43. The topological polar surface area (TPSA) is 54.3 Å². The van der Waals surface area contributed by atoms with Crippen LogP contribution in [0.3, 0.4) is 0 Å². The highest BCUT2D eigenvalue weighted by molar-refractivity contribution is 7.17. The van der Waals surface area contributed by atoms with Crippen molar-refractivity contribution in [2.75, 3.05) is 6.54 Å². The first-order valence-electron chi connectivity index (χ1n) is 14.1. The van der Waals surface area contributed by atoms with Gasteiger partial charge in [0.15, 0.2) is 5.54 Å². The number of nitrogens with one attached hydrogen (secondary N) is 1. The largest absolute Gasteiger partial charge is 0.351 e. The van der Waals surface area contributed by atoms with E-state index in [1.807, 2.05) is 70.9 Å². The molecule has 39 heavy (non-hydrogen) atoms. The van der Waals surface area contributed by atoms with E-state index < -0.39 is 5.54 Å². The van der Waals surface area contributed by atoms with E-state index in [9.17, 15) is 9.59 Å². The van der Waals surface area contributed by atoms with Crippen LogP contribution in [0.1, 0.15) is 66.6 Å². The molecule has 1 aliphatic carbocycles.